The van der Waals surface area contributed by atoms with Crippen molar-refractivity contribution >= 4 is 16.9 Å². The molecular formula is C15H22N4O. The number of aromatic nitrogens is 2. The molecule has 2 aromatic rings. The van der Waals surface area contributed by atoms with E-state index in [-0.39, 0.29) is 5.91 Å². The van der Waals surface area contributed by atoms with Gasteiger partial charge in [0, 0.05) is 19.6 Å². The first-order valence-corrected chi connectivity index (χ1v) is 6.93. The van der Waals surface area contributed by atoms with Crippen molar-refractivity contribution in [2.75, 3.05) is 13.1 Å². The van der Waals surface area contributed by atoms with Crippen LogP contribution in [0, 0.1) is 5.41 Å². The quantitative estimate of drug-likeness (QED) is 0.785. The fourth-order valence-electron chi connectivity index (χ4n) is 1.97. The van der Waals surface area contributed by atoms with Crippen LogP contribution in [-0.2, 0) is 11.3 Å². The lowest BCUT2D eigenvalue weighted by atomic mass is 9.93. The van der Waals surface area contributed by atoms with E-state index in [1.165, 1.54) is 0 Å². The molecule has 3 N–H and O–H groups in total. The van der Waals surface area contributed by atoms with Crippen LogP contribution >= 0.6 is 0 Å². The van der Waals surface area contributed by atoms with Gasteiger partial charge in [0.15, 0.2) is 0 Å². The van der Waals surface area contributed by atoms with Gasteiger partial charge in [-0.2, -0.15) is 0 Å². The Hall–Kier alpha value is -1.88. The van der Waals surface area contributed by atoms with E-state index in [1.807, 2.05) is 38.4 Å². The number of hydrogen-bond acceptors (Lipinski definition) is 3. The third kappa shape index (κ3) is 3.17. The van der Waals surface area contributed by atoms with E-state index >= 15 is 0 Å². The summed E-state index contributed by atoms with van der Waals surface area (Å²) >= 11 is 0. The minimum Gasteiger partial charge on any atom is -0.356 e. The second-order valence-electron chi connectivity index (χ2n) is 5.62. The number of fused-ring (bicyclic) bond motifs is 1. The molecule has 5 heteroatoms. The van der Waals surface area contributed by atoms with Gasteiger partial charge in [-0.3, -0.25) is 4.79 Å². The second kappa shape index (κ2) is 6.05. The third-order valence-electron chi connectivity index (χ3n) is 3.51. The van der Waals surface area contributed by atoms with E-state index in [0.29, 0.717) is 13.1 Å². The van der Waals surface area contributed by atoms with Crippen molar-refractivity contribution < 1.29 is 4.79 Å². The maximum atomic E-state index is 11.9. The summed E-state index contributed by atoms with van der Waals surface area (Å²) in [6, 6.07) is 8.04. The summed E-state index contributed by atoms with van der Waals surface area (Å²) in [6.07, 6.45) is 2.71. The summed E-state index contributed by atoms with van der Waals surface area (Å²) in [5.74, 6) is 0.00971. The van der Waals surface area contributed by atoms with Crippen LogP contribution in [0.1, 0.15) is 20.3 Å². The number of benzene rings is 1. The largest absolute Gasteiger partial charge is 0.356 e. The molecule has 0 unspecified atom stereocenters. The summed E-state index contributed by atoms with van der Waals surface area (Å²) < 4.78 is 2.11. The predicted molar refractivity (Wildman–Crippen MR) is 80.2 cm³/mol. The zero-order chi connectivity index (χ0) is 14.6. The Morgan fingerprint density at radius 1 is 1.40 bits per heavy atom. The Balaban J connectivity index is 1.83. The first kappa shape index (κ1) is 14.5. The van der Waals surface area contributed by atoms with E-state index in [4.69, 9.17) is 5.73 Å². The van der Waals surface area contributed by atoms with Crippen molar-refractivity contribution in [1.82, 2.24) is 14.9 Å². The Labute approximate surface area is 119 Å². The molecule has 0 spiro atoms. The van der Waals surface area contributed by atoms with E-state index in [2.05, 4.69) is 20.9 Å². The van der Waals surface area contributed by atoms with Crippen molar-refractivity contribution in [3.05, 3.63) is 30.6 Å². The highest BCUT2D eigenvalue weighted by Gasteiger charge is 2.24. The normalized spacial score (nSPS) is 11.8. The highest BCUT2D eigenvalue weighted by molar-refractivity contribution is 5.82. The van der Waals surface area contributed by atoms with Gasteiger partial charge in [-0.25, -0.2) is 4.98 Å². The smallest absolute Gasteiger partial charge is 0.226 e. The molecular weight excluding hydrogens is 252 g/mol. The molecule has 2 rings (SSSR count). The number of rotatable bonds is 6. The molecule has 0 saturated heterocycles. The highest BCUT2D eigenvalue weighted by atomic mass is 16.2. The van der Waals surface area contributed by atoms with Crippen LogP contribution in [0.2, 0.25) is 0 Å². The number of amides is 1. The average Bonchev–Trinajstić information content (AvgIpc) is 2.86. The van der Waals surface area contributed by atoms with Gasteiger partial charge in [-0.05, 0) is 32.4 Å². The molecule has 5 nitrogen and oxygen atoms in total. The van der Waals surface area contributed by atoms with E-state index in [0.717, 1.165) is 24.0 Å². The fourth-order valence-corrected chi connectivity index (χ4v) is 1.97. The van der Waals surface area contributed by atoms with Gasteiger partial charge >= 0.3 is 0 Å². The summed E-state index contributed by atoms with van der Waals surface area (Å²) in [5, 5.41) is 2.93. The summed E-state index contributed by atoms with van der Waals surface area (Å²) in [6.45, 7) is 5.54. The summed E-state index contributed by atoms with van der Waals surface area (Å²) in [5.41, 5.74) is 7.21. The van der Waals surface area contributed by atoms with Crippen molar-refractivity contribution in [3.8, 4) is 0 Å². The Morgan fingerprint density at radius 2 is 2.15 bits per heavy atom. The van der Waals surface area contributed by atoms with Gasteiger partial charge < -0.3 is 15.6 Å². The molecule has 1 aromatic heterocycles. The average molecular weight is 274 g/mol. The number of nitrogens with two attached hydrogens (primary N) is 1. The van der Waals surface area contributed by atoms with Crippen LogP contribution in [0.5, 0.6) is 0 Å². The lowest BCUT2D eigenvalue weighted by Crippen LogP contribution is -2.42. The molecule has 20 heavy (non-hydrogen) atoms. The standard InChI is InChI=1S/C15H22N4O/c1-15(2,10-16)14(20)17-8-5-9-19-11-18-12-6-3-4-7-13(12)19/h3-4,6-7,11H,5,8-10,16H2,1-2H3,(H,17,20). The van der Waals surface area contributed by atoms with Crippen LogP contribution in [0.3, 0.4) is 0 Å². The molecule has 108 valence electrons. The van der Waals surface area contributed by atoms with Crippen molar-refractivity contribution in [1.29, 1.82) is 0 Å². The minimum atomic E-state index is -0.498. The molecule has 0 aliphatic carbocycles. The maximum Gasteiger partial charge on any atom is 0.226 e. The van der Waals surface area contributed by atoms with Gasteiger partial charge in [0.25, 0.3) is 0 Å². The van der Waals surface area contributed by atoms with E-state index in [9.17, 15) is 4.79 Å². The number of imidazole rings is 1. The topological polar surface area (TPSA) is 72.9 Å². The zero-order valence-corrected chi connectivity index (χ0v) is 12.1. The third-order valence-corrected chi connectivity index (χ3v) is 3.51. The number of nitrogens with one attached hydrogen (secondary N) is 1. The Morgan fingerprint density at radius 3 is 2.90 bits per heavy atom. The SMILES string of the molecule is CC(C)(CN)C(=O)NCCCn1cnc2ccccc21. The molecule has 1 aromatic carbocycles. The lowest BCUT2D eigenvalue weighted by Gasteiger charge is -2.21. The lowest BCUT2D eigenvalue weighted by molar-refractivity contribution is -0.128. The first-order valence-electron chi connectivity index (χ1n) is 6.93. The second-order valence-corrected chi connectivity index (χ2v) is 5.62. The van der Waals surface area contributed by atoms with Crippen LogP contribution < -0.4 is 11.1 Å². The molecule has 1 amide bonds. The Bertz CT molecular complexity index is 588. The highest BCUT2D eigenvalue weighted by Crippen LogP contribution is 2.13. The number of aryl methyl sites for hydroxylation is 1. The number of hydrogen-bond donors (Lipinski definition) is 2. The fraction of sp³-hybridized carbons (Fsp3) is 0.467. The number of carbonyl (C=O) groups excluding carboxylic acids is 1. The van der Waals surface area contributed by atoms with Crippen LogP contribution in [0.4, 0.5) is 0 Å². The van der Waals surface area contributed by atoms with Crippen molar-refractivity contribution in [3.63, 3.8) is 0 Å². The number of nitrogens with zero attached hydrogens (tertiary/aromatic N) is 2. The van der Waals surface area contributed by atoms with Gasteiger partial charge in [-0.1, -0.05) is 12.1 Å². The summed E-state index contributed by atoms with van der Waals surface area (Å²) in [7, 11) is 0. The van der Waals surface area contributed by atoms with Crippen molar-refractivity contribution in [2.45, 2.75) is 26.8 Å². The molecule has 1 heterocycles. The Kier molecular flexibility index (Phi) is 4.39. The van der Waals surface area contributed by atoms with Gasteiger partial charge in [0.2, 0.25) is 5.91 Å². The van der Waals surface area contributed by atoms with Gasteiger partial charge in [-0.15, -0.1) is 0 Å². The van der Waals surface area contributed by atoms with Crippen molar-refractivity contribution in [2.24, 2.45) is 11.1 Å². The molecule has 0 fully saturated rings. The maximum absolute atomic E-state index is 11.9. The summed E-state index contributed by atoms with van der Waals surface area (Å²) in [4.78, 5) is 16.2. The molecule has 0 radical (unpaired) electrons. The van der Waals surface area contributed by atoms with Gasteiger partial charge in [0.1, 0.15) is 0 Å². The first-order chi connectivity index (χ1) is 9.54. The van der Waals surface area contributed by atoms with Crippen LogP contribution in [0.25, 0.3) is 11.0 Å². The molecule has 0 aliphatic heterocycles. The number of carbonyl (C=O) groups is 1. The minimum absolute atomic E-state index is 0.00971. The van der Waals surface area contributed by atoms with Crippen LogP contribution in [0.15, 0.2) is 30.6 Å². The van der Waals surface area contributed by atoms with Gasteiger partial charge in [0.05, 0.1) is 22.8 Å². The monoisotopic (exact) mass is 274 g/mol. The molecule has 0 atom stereocenters. The molecule has 0 bridgehead atoms. The zero-order valence-electron chi connectivity index (χ0n) is 12.1. The molecule has 0 saturated carbocycles. The molecule has 0 aliphatic rings. The number of para-hydroxylation sites is 2. The van der Waals surface area contributed by atoms with Crippen LogP contribution in [-0.4, -0.2) is 28.5 Å². The van der Waals surface area contributed by atoms with E-state index < -0.39 is 5.41 Å². The van der Waals surface area contributed by atoms with E-state index in [1.54, 1.807) is 0 Å². The predicted octanol–water partition coefficient (Wildman–Crippen LogP) is 1.53.